The van der Waals surface area contributed by atoms with E-state index >= 15 is 0 Å². The molecule has 3 rings (SSSR count). The zero-order valence-corrected chi connectivity index (χ0v) is 18.6. The van der Waals surface area contributed by atoms with Crippen LogP contribution in [0.15, 0.2) is 17.0 Å². The van der Waals surface area contributed by atoms with E-state index in [0.717, 1.165) is 6.07 Å². The summed E-state index contributed by atoms with van der Waals surface area (Å²) >= 11 is 12.2. The maximum absolute atomic E-state index is 12.9. The molecule has 2 fully saturated rings. The van der Waals surface area contributed by atoms with Crippen molar-refractivity contribution < 1.29 is 32.2 Å². The van der Waals surface area contributed by atoms with Gasteiger partial charge in [0, 0.05) is 26.2 Å². The van der Waals surface area contributed by atoms with Crippen LogP contribution in [0, 0.1) is 0 Å². The quantitative estimate of drug-likeness (QED) is 0.587. The lowest BCUT2D eigenvalue weighted by Crippen LogP contribution is -2.46. The number of hydrogen-bond acceptors (Lipinski definition) is 7. The number of sulfonamides is 1. The van der Waals surface area contributed by atoms with E-state index in [1.807, 2.05) is 0 Å². The number of amides is 1. The molecule has 1 atom stereocenters. The molecule has 2 heterocycles. The minimum Gasteiger partial charge on any atom is -0.449 e. The molecular weight excluding hydrogens is 459 g/mol. The molecule has 30 heavy (non-hydrogen) atoms. The van der Waals surface area contributed by atoms with Crippen molar-refractivity contribution in [3.8, 4) is 0 Å². The lowest BCUT2D eigenvalue weighted by molar-refractivity contribution is -0.143. The molecule has 1 unspecified atom stereocenters. The summed E-state index contributed by atoms with van der Waals surface area (Å²) in [5.41, 5.74) is -0.186. The van der Waals surface area contributed by atoms with E-state index in [2.05, 4.69) is 0 Å². The molecule has 9 nitrogen and oxygen atoms in total. The summed E-state index contributed by atoms with van der Waals surface area (Å²) in [4.78, 5) is 26.4. The van der Waals surface area contributed by atoms with E-state index in [1.54, 1.807) is 4.90 Å². The maximum atomic E-state index is 12.9. The van der Waals surface area contributed by atoms with E-state index < -0.39 is 22.1 Å². The van der Waals surface area contributed by atoms with E-state index in [-0.39, 0.29) is 52.7 Å². The molecule has 0 N–H and O–H groups in total. The topological polar surface area (TPSA) is 102 Å². The second kappa shape index (κ2) is 9.80. The van der Waals surface area contributed by atoms with Crippen LogP contribution in [-0.4, -0.2) is 88.2 Å². The second-order valence-corrected chi connectivity index (χ2v) is 9.48. The molecule has 0 saturated carbocycles. The standard InChI is InChI=1S/C18H22Cl2N2O7S/c1-12(17(23)21-2-6-27-7-3-21)29-18(24)13-10-16(15(20)11-14(13)19)30(25,26)22-4-8-28-9-5-22/h10-12H,2-9H2,1H3. The van der Waals surface area contributed by atoms with Crippen molar-refractivity contribution in [2.45, 2.75) is 17.9 Å². The van der Waals surface area contributed by atoms with Crippen molar-refractivity contribution in [1.29, 1.82) is 0 Å². The van der Waals surface area contributed by atoms with Crippen LogP contribution in [0.5, 0.6) is 0 Å². The van der Waals surface area contributed by atoms with Gasteiger partial charge in [0.15, 0.2) is 6.10 Å². The molecule has 166 valence electrons. The predicted molar refractivity (Wildman–Crippen MR) is 108 cm³/mol. The van der Waals surface area contributed by atoms with Crippen molar-refractivity contribution in [2.75, 3.05) is 52.6 Å². The Kier molecular flexibility index (Phi) is 7.59. The van der Waals surface area contributed by atoms with E-state index in [9.17, 15) is 18.0 Å². The van der Waals surface area contributed by atoms with Crippen LogP contribution in [-0.2, 0) is 29.0 Å². The Bertz CT molecular complexity index is 913. The number of esters is 1. The van der Waals surface area contributed by atoms with Crippen LogP contribution in [0.4, 0.5) is 0 Å². The molecule has 0 bridgehead atoms. The van der Waals surface area contributed by atoms with Crippen molar-refractivity contribution >= 4 is 45.1 Å². The molecule has 12 heteroatoms. The molecule has 2 aliphatic rings. The Labute approximate surface area is 184 Å². The van der Waals surface area contributed by atoms with Gasteiger partial charge in [-0.1, -0.05) is 23.2 Å². The van der Waals surface area contributed by atoms with Gasteiger partial charge < -0.3 is 19.1 Å². The number of morpholine rings is 2. The Morgan fingerprint density at radius 3 is 2.17 bits per heavy atom. The van der Waals surface area contributed by atoms with E-state index in [0.29, 0.717) is 26.3 Å². The van der Waals surface area contributed by atoms with Crippen molar-refractivity contribution in [1.82, 2.24) is 9.21 Å². The third-order valence-corrected chi connectivity index (χ3v) is 7.46. The smallest absolute Gasteiger partial charge is 0.340 e. The molecule has 2 saturated heterocycles. The molecule has 1 amide bonds. The number of benzene rings is 1. The zero-order chi connectivity index (χ0) is 21.9. The van der Waals surface area contributed by atoms with Gasteiger partial charge in [0.25, 0.3) is 5.91 Å². The summed E-state index contributed by atoms with van der Waals surface area (Å²) in [6.07, 6.45) is -1.07. The normalized spacial score (nSPS) is 19.4. The minimum atomic E-state index is -3.96. The van der Waals surface area contributed by atoms with Gasteiger partial charge in [0.1, 0.15) is 4.90 Å². The molecule has 0 radical (unpaired) electrons. The first-order valence-corrected chi connectivity index (χ1v) is 11.6. The number of hydrogen-bond donors (Lipinski definition) is 0. The number of halogens is 2. The van der Waals surface area contributed by atoms with Crippen LogP contribution in [0.3, 0.4) is 0 Å². The Hall–Kier alpha value is -1.43. The maximum Gasteiger partial charge on any atom is 0.340 e. The molecule has 1 aromatic carbocycles. The average molecular weight is 481 g/mol. The summed E-state index contributed by atoms with van der Waals surface area (Å²) in [7, 11) is -3.96. The minimum absolute atomic E-state index is 0.0723. The number of rotatable bonds is 5. The van der Waals surface area contributed by atoms with Crippen molar-refractivity contribution in [3.05, 3.63) is 27.7 Å². The summed E-state index contributed by atoms with van der Waals surface area (Å²) in [5.74, 6) is -1.28. The van der Waals surface area contributed by atoms with E-state index in [4.69, 9.17) is 37.4 Å². The Balaban J connectivity index is 1.80. The van der Waals surface area contributed by atoms with Gasteiger partial charge in [-0.25, -0.2) is 13.2 Å². The largest absolute Gasteiger partial charge is 0.449 e. The predicted octanol–water partition coefficient (Wildman–Crippen LogP) is 1.42. The second-order valence-electron chi connectivity index (χ2n) is 6.76. The summed E-state index contributed by atoms with van der Waals surface area (Å²) < 4.78 is 42.8. The third kappa shape index (κ3) is 5.06. The number of carbonyl (C=O) groups excluding carboxylic acids is 2. The van der Waals surface area contributed by atoms with Gasteiger partial charge in [-0.3, -0.25) is 4.79 Å². The van der Waals surface area contributed by atoms with Crippen LogP contribution >= 0.6 is 23.2 Å². The fourth-order valence-corrected chi connectivity index (χ4v) is 5.36. The first-order chi connectivity index (χ1) is 14.2. The van der Waals surface area contributed by atoms with E-state index in [1.165, 1.54) is 17.3 Å². The van der Waals surface area contributed by atoms with Gasteiger partial charge in [-0.05, 0) is 19.1 Å². The molecule has 1 aromatic rings. The SMILES string of the molecule is CC(OC(=O)c1cc(S(=O)(=O)N2CCOCC2)c(Cl)cc1Cl)C(=O)N1CCOCC1. The fourth-order valence-electron chi connectivity index (χ4n) is 3.12. The Morgan fingerprint density at radius 1 is 1.00 bits per heavy atom. The van der Waals surface area contributed by atoms with Crippen LogP contribution < -0.4 is 0 Å². The monoisotopic (exact) mass is 480 g/mol. The van der Waals surface area contributed by atoms with Crippen molar-refractivity contribution in [2.24, 2.45) is 0 Å². The van der Waals surface area contributed by atoms with Gasteiger partial charge in [-0.15, -0.1) is 0 Å². The molecule has 0 aliphatic carbocycles. The van der Waals surface area contributed by atoms with Crippen LogP contribution in [0.1, 0.15) is 17.3 Å². The highest BCUT2D eigenvalue weighted by atomic mass is 35.5. The highest BCUT2D eigenvalue weighted by Crippen LogP contribution is 2.31. The third-order valence-electron chi connectivity index (χ3n) is 4.78. The Morgan fingerprint density at radius 2 is 1.57 bits per heavy atom. The van der Waals surface area contributed by atoms with Crippen LogP contribution in [0.2, 0.25) is 10.0 Å². The van der Waals surface area contributed by atoms with Gasteiger partial charge in [0.2, 0.25) is 10.0 Å². The summed E-state index contributed by atoms with van der Waals surface area (Å²) in [6, 6.07) is 2.27. The van der Waals surface area contributed by atoms with Gasteiger partial charge in [-0.2, -0.15) is 4.31 Å². The number of ether oxygens (including phenoxy) is 3. The highest BCUT2D eigenvalue weighted by Gasteiger charge is 2.31. The lowest BCUT2D eigenvalue weighted by atomic mass is 10.2. The first kappa shape index (κ1) is 23.2. The highest BCUT2D eigenvalue weighted by molar-refractivity contribution is 7.89. The van der Waals surface area contributed by atoms with Crippen LogP contribution in [0.25, 0.3) is 0 Å². The zero-order valence-electron chi connectivity index (χ0n) is 16.3. The fraction of sp³-hybridized carbons (Fsp3) is 0.556. The summed E-state index contributed by atoms with van der Waals surface area (Å²) in [6.45, 7) is 3.97. The molecule has 2 aliphatic heterocycles. The average Bonchev–Trinajstić information content (AvgIpc) is 2.74. The first-order valence-electron chi connectivity index (χ1n) is 9.36. The lowest BCUT2D eigenvalue weighted by Gasteiger charge is -2.29. The summed E-state index contributed by atoms with van der Waals surface area (Å²) in [5, 5.41) is -0.183. The molecule has 0 spiro atoms. The number of nitrogens with zero attached hydrogens (tertiary/aromatic N) is 2. The van der Waals surface area contributed by atoms with Crippen molar-refractivity contribution in [3.63, 3.8) is 0 Å². The molecular formula is C18H22Cl2N2O7S. The number of carbonyl (C=O) groups is 2. The van der Waals surface area contributed by atoms with Gasteiger partial charge in [0.05, 0.1) is 42.0 Å². The van der Waals surface area contributed by atoms with Gasteiger partial charge >= 0.3 is 5.97 Å². The molecule has 0 aromatic heterocycles.